The molecule has 0 saturated carbocycles. The number of hydrogen-bond donors (Lipinski definition) is 1. The molecule has 0 radical (unpaired) electrons. The van der Waals surface area contributed by atoms with Crippen LogP contribution < -0.4 is 21.9 Å². The molecular formula is C24H26N8O2. The molecule has 34 heavy (non-hydrogen) atoms. The molecule has 2 N–H and O–H groups in total. The summed E-state index contributed by atoms with van der Waals surface area (Å²) in [4.78, 5) is 42.7. The summed E-state index contributed by atoms with van der Waals surface area (Å²) in [5.74, 6) is 3.57. The molecule has 10 heteroatoms. The zero-order chi connectivity index (χ0) is 24.0. The smallest absolute Gasteiger partial charge is 0.332 e. The van der Waals surface area contributed by atoms with E-state index in [9.17, 15) is 9.59 Å². The van der Waals surface area contributed by atoms with Gasteiger partial charge in [0.1, 0.15) is 5.82 Å². The van der Waals surface area contributed by atoms with Gasteiger partial charge in [0.15, 0.2) is 11.2 Å². The van der Waals surface area contributed by atoms with E-state index in [1.165, 1.54) is 4.57 Å². The zero-order valence-electron chi connectivity index (χ0n) is 19.2. The lowest BCUT2D eigenvalue weighted by molar-refractivity contribution is 0.496. The average molecular weight is 459 g/mol. The summed E-state index contributed by atoms with van der Waals surface area (Å²) in [6, 6.07) is 7.66. The fourth-order valence-corrected chi connectivity index (χ4v) is 4.68. The topological polar surface area (TPSA) is 117 Å². The summed E-state index contributed by atoms with van der Waals surface area (Å²) in [6.45, 7) is 3.35. The van der Waals surface area contributed by atoms with Crippen molar-refractivity contribution in [3.05, 3.63) is 56.6 Å². The normalized spacial score (nSPS) is 16.3. The van der Waals surface area contributed by atoms with Crippen molar-refractivity contribution in [2.24, 2.45) is 12.8 Å². The summed E-state index contributed by atoms with van der Waals surface area (Å²) in [5.41, 5.74) is 7.34. The van der Waals surface area contributed by atoms with Gasteiger partial charge in [0.25, 0.3) is 5.56 Å². The van der Waals surface area contributed by atoms with Crippen LogP contribution in [0.25, 0.3) is 22.1 Å². The van der Waals surface area contributed by atoms with Crippen molar-refractivity contribution in [3.63, 3.8) is 0 Å². The van der Waals surface area contributed by atoms with Gasteiger partial charge in [0.2, 0.25) is 5.95 Å². The van der Waals surface area contributed by atoms with Crippen molar-refractivity contribution in [1.29, 1.82) is 0 Å². The molecule has 1 atom stereocenters. The number of imidazole rings is 1. The van der Waals surface area contributed by atoms with Gasteiger partial charge < -0.3 is 10.6 Å². The predicted molar refractivity (Wildman–Crippen MR) is 131 cm³/mol. The first-order valence-corrected chi connectivity index (χ1v) is 11.3. The summed E-state index contributed by atoms with van der Waals surface area (Å²) in [6.07, 6.45) is 7.50. The number of fused-ring (bicyclic) bond motifs is 2. The third kappa shape index (κ3) is 3.54. The first kappa shape index (κ1) is 21.9. The Morgan fingerprint density at radius 3 is 2.74 bits per heavy atom. The molecule has 4 heterocycles. The van der Waals surface area contributed by atoms with Crippen LogP contribution >= 0.6 is 0 Å². The van der Waals surface area contributed by atoms with Crippen LogP contribution in [-0.4, -0.2) is 47.8 Å². The molecule has 4 aromatic rings. The Hall–Kier alpha value is -3.97. The van der Waals surface area contributed by atoms with Gasteiger partial charge in [-0.3, -0.25) is 18.5 Å². The number of nitrogens with zero attached hydrogens (tertiary/aromatic N) is 7. The molecule has 1 aromatic carbocycles. The van der Waals surface area contributed by atoms with Crippen LogP contribution in [0.5, 0.6) is 0 Å². The van der Waals surface area contributed by atoms with Crippen molar-refractivity contribution in [3.8, 4) is 12.3 Å². The lowest BCUT2D eigenvalue weighted by Gasteiger charge is -2.31. The Morgan fingerprint density at radius 2 is 1.97 bits per heavy atom. The quantitative estimate of drug-likeness (QED) is 0.449. The Kier molecular flexibility index (Phi) is 5.42. The van der Waals surface area contributed by atoms with Crippen LogP contribution in [0.2, 0.25) is 0 Å². The van der Waals surface area contributed by atoms with Gasteiger partial charge in [-0.1, -0.05) is 24.1 Å². The molecule has 10 nitrogen and oxygen atoms in total. The molecule has 0 amide bonds. The molecule has 174 valence electrons. The Balaban J connectivity index is 1.68. The van der Waals surface area contributed by atoms with Crippen molar-refractivity contribution >= 4 is 28.0 Å². The largest absolute Gasteiger partial charge is 0.341 e. The molecule has 0 aliphatic carbocycles. The molecule has 1 saturated heterocycles. The molecule has 1 aliphatic heterocycles. The number of aryl methyl sites for hydroxylation is 2. The van der Waals surface area contributed by atoms with Crippen LogP contribution in [0.4, 0.5) is 5.95 Å². The molecule has 1 aliphatic rings. The van der Waals surface area contributed by atoms with Crippen LogP contribution in [0, 0.1) is 19.3 Å². The lowest BCUT2D eigenvalue weighted by atomic mass is 10.1. The zero-order valence-corrected chi connectivity index (χ0v) is 19.2. The molecular weight excluding hydrogens is 432 g/mol. The third-order valence-corrected chi connectivity index (χ3v) is 6.34. The van der Waals surface area contributed by atoms with Gasteiger partial charge in [0.05, 0.1) is 18.6 Å². The number of terminal acetylenes is 1. The van der Waals surface area contributed by atoms with Gasteiger partial charge in [-0.2, -0.15) is 4.98 Å². The average Bonchev–Trinajstić information content (AvgIpc) is 3.20. The number of aromatic nitrogens is 6. The monoisotopic (exact) mass is 458 g/mol. The first-order valence-electron chi connectivity index (χ1n) is 11.3. The second-order valence-corrected chi connectivity index (χ2v) is 8.70. The van der Waals surface area contributed by atoms with E-state index in [1.807, 2.05) is 36.1 Å². The number of benzene rings is 1. The SMILES string of the molecule is C#CCn1c(N2CCCC(N)C2)nc2c1c(=O)n(Cc1nc(C)c3ccccc3n1)c(=O)n2C. The minimum absolute atomic E-state index is 0.0154. The van der Waals surface area contributed by atoms with Crippen LogP contribution in [-0.2, 0) is 20.1 Å². The summed E-state index contributed by atoms with van der Waals surface area (Å²) in [5, 5.41) is 0.929. The first-order chi connectivity index (χ1) is 16.4. The van der Waals surface area contributed by atoms with E-state index in [4.69, 9.17) is 12.2 Å². The fourth-order valence-electron chi connectivity index (χ4n) is 4.68. The number of piperidine rings is 1. The van der Waals surface area contributed by atoms with Gasteiger partial charge in [0, 0.05) is 37.3 Å². The molecule has 1 unspecified atom stereocenters. The minimum atomic E-state index is -0.487. The van der Waals surface area contributed by atoms with Gasteiger partial charge >= 0.3 is 5.69 Å². The molecule has 0 spiro atoms. The van der Waals surface area contributed by atoms with E-state index in [0.29, 0.717) is 24.0 Å². The predicted octanol–water partition coefficient (Wildman–Crippen LogP) is 0.757. The third-order valence-electron chi connectivity index (χ3n) is 6.34. The maximum Gasteiger partial charge on any atom is 0.332 e. The number of nitrogens with two attached hydrogens (primary N) is 1. The van der Waals surface area contributed by atoms with Gasteiger partial charge in [-0.25, -0.2) is 14.8 Å². The highest BCUT2D eigenvalue weighted by atomic mass is 16.2. The minimum Gasteiger partial charge on any atom is -0.341 e. The Bertz CT molecular complexity index is 1570. The van der Waals surface area contributed by atoms with Crippen molar-refractivity contribution in [1.82, 2.24) is 28.7 Å². The number of rotatable bonds is 4. The number of para-hydroxylation sites is 1. The van der Waals surface area contributed by atoms with Crippen molar-refractivity contribution in [2.75, 3.05) is 18.0 Å². The Morgan fingerprint density at radius 1 is 1.18 bits per heavy atom. The summed E-state index contributed by atoms with van der Waals surface area (Å²) >= 11 is 0. The number of anilines is 1. The second-order valence-electron chi connectivity index (χ2n) is 8.70. The van der Waals surface area contributed by atoms with E-state index in [-0.39, 0.29) is 24.6 Å². The Labute approximate surface area is 195 Å². The molecule has 5 rings (SSSR count). The van der Waals surface area contributed by atoms with Crippen LogP contribution in [0.3, 0.4) is 0 Å². The van der Waals surface area contributed by atoms with Crippen molar-refractivity contribution in [2.45, 2.75) is 38.9 Å². The number of hydrogen-bond acceptors (Lipinski definition) is 7. The molecule has 3 aromatic heterocycles. The highest BCUT2D eigenvalue weighted by Gasteiger charge is 2.26. The lowest BCUT2D eigenvalue weighted by Crippen LogP contribution is -2.44. The van der Waals surface area contributed by atoms with E-state index in [0.717, 1.165) is 40.6 Å². The van der Waals surface area contributed by atoms with E-state index in [1.54, 1.807) is 11.6 Å². The summed E-state index contributed by atoms with van der Waals surface area (Å²) in [7, 11) is 1.60. The van der Waals surface area contributed by atoms with Crippen LogP contribution in [0.15, 0.2) is 33.9 Å². The highest BCUT2D eigenvalue weighted by molar-refractivity contribution is 5.80. The standard InChI is InChI=1S/C24H26N8O2/c1-4-11-31-20-21(28-23(31)30-12-7-8-16(25)13-30)29(3)24(34)32(22(20)33)14-19-26-15(2)17-9-5-6-10-18(17)27-19/h1,5-6,9-10,16H,7-8,11-14,25H2,2-3H3. The fraction of sp³-hybridized carbons (Fsp3) is 0.375. The molecule has 0 bridgehead atoms. The van der Waals surface area contributed by atoms with E-state index < -0.39 is 11.2 Å². The maximum atomic E-state index is 13.6. The van der Waals surface area contributed by atoms with Gasteiger partial charge in [-0.05, 0) is 25.8 Å². The van der Waals surface area contributed by atoms with E-state index >= 15 is 0 Å². The van der Waals surface area contributed by atoms with Crippen LogP contribution in [0.1, 0.15) is 24.4 Å². The second kappa shape index (κ2) is 8.43. The molecule has 1 fully saturated rings. The highest BCUT2D eigenvalue weighted by Crippen LogP contribution is 2.23. The van der Waals surface area contributed by atoms with E-state index in [2.05, 4.69) is 20.9 Å². The maximum absolute atomic E-state index is 13.6. The van der Waals surface area contributed by atoms with Crippen molar-refractivity contribution < 1.29 is 0 Å². The summed E-state index contributed by atoms with van der Waals surface area (Å²) < 4.78 is 4.23. The van der Waals surface area contributed by atoms with Gasteiger partial charge in [-0.15, -0.1) is 6.42 Å².